The van der Waals surface area contributed by atoms with Crippen LogP contribution in [0, 0.1) is 6.92 Å². The third-order valence-electron chi connectivity index (χ3n) is 2.60. The first-order valence-electron chi connectivity index (χ1n) is 4.97. The normalized spacial score (nSPS) is 10.4. The largest absolute Gasteiger partial charge is 0.545 e. The molecule has 2 rings (SSSR count). The fourth-order valence-corrected chi connectivity index (χ4v) is 1.84. The van der Waals surface area contributed by atoms with E-state index in [9.17, 15) is 19.8 Å². The zero-order chi connectivity index (χ0) is 12.6. The van der Waals surface area contributed by atoms with Crippen molar-refractivity contribution in [2.45, 2.75) is 6.92 Å². The van der Waals surface area contributed by atoms with Gasteiger partial charge in [0.15, 0.2) is 0 Å². The van der Waals surface area contributed by atoms with Crippen LogP contribution < -0.4 is 10.2 Å². The summed E-state index contributed by atoms with van der Waals surface area (Å²) in [5.41, 5.74) is 0.270. The van der Waals surface area contributed by atoms with Gasteiger partial charge in [-0.25, -0.2) is 0 Å². The molecule has 0 bridgehead atoms. The van der Waals surface area contributed by atoms with E-state index in [0.29, 0.717) is 10.8 Å². The molecule has 0 saturated carbocycles. The molecule has 4 heteroatoms. The van der Waals surface area contributed by atoms with Crippen LogP contribution in [-0.2, 0) is 0 Å². The lowest BCUT2D eigenvalue weighted by atomic mass is 9.98. The second-order valence-corrected chi connectivity index (χ2v) is 3.79. The highest BCUT2D eigenvalue weighted by molar-refractivity contribution is 6.10. The van der Waals surface area contributed by atoms with Crippen LogP contribution >= 0.6 is 0 Å². The Morgan fingerprint density at radius 2 is 1.71 bits per heavy atom. The van der Waals surface area contributed by atoms with E-state index in [2.05, 4.69) is 0 Å². The van der Waals surface area contributed by atoms with Crippen molar-refractivity contribution in [3.05, 3.63) is 47.0 Å². The van der Waals surface area contributed by atoms with Crippen LogP contribution in [0.2, 0.25) is 0 Å². The van der Waals surface area contributed by atoms with Gasteiger partial charge in [-0.1, -0.05) is 35.9 Å². The van der Waals surface area contributed by atoms with Crippen molar-refractivity contribution < 1.29 is 19.8 Å². The lowest BCUT2D eigenvalue weighted by molar-refractivity contribution is -0.259. The first-order valence-corrected chi connectivity index (χ1v) is 4.97. The van der Waals surface area contributed by atoms with Crippen LogP contribution in [0.3, 0.4) is 0 Å². The lowest BCUT2D eigenvalue weighted by Crippen LogP contribution is -2.30. The van der Waals surface area contributed by atoms with Crippen LogP contribution in [-0.4, -0.2) is 11.9 Å². The van der Waals surface area contributed by atoms with Crippen LogP contribution in [0.4, 0.5) is 0 Å². The van der Waals surface area contributed by atoms with Gasteiger partial charge in [-0.2, -0.15) is 0 Å². The topological polar surface area (TPSA) is 80.3 Å². The maximum Gasteiger partial charge on any atom is 0.0728 e. The number of carbonyl (C=O) groups is 2. The minimum absolute atomic E-state index is 0.331. The van der Waals surface area contributed by atoms with Crippen LogP contribution in [0.15, 0.2) is 30.3 Å². The molecule has 86 valence electrons. The van der Waals surface area contributed by atoms with Crippen molar-refractivity contribution in [3.63, 3.8) is 0 Å². The number of carbonyl (C=O) groups excluding carboxylic acids is 2. The molecule has 0 N–H and O–H groups in total. The Kier molecular flexibility index (Phi) is 2.55. The molecule has 0 saturated heterocycles. The SMILES string of the molecule is Cc1ccc2c(C(=O)[O-])c(C(=O)[O-])ccc2c1. The highest BCUT2D eigenvalue weighted by Crippen LogP contribution is 2.23. The van der Waals surface area contributed by atoms with Crippen molar-refractivity contribution >= 4 is 22.7 Å². The summed E-state index contributed by atoms with van der Waals surface area (Å²) in [6, 6.07) is 7.85. The Morgan fingerprint density at radius 3 is 2.29 bits per heavy atom. The molecule has 0 aliphatic rings. The fourth-order valence-electron chi connectivity index (χ4n) is 1.84. The zero-order valence-corrected chi connectivity index (χ0v) is 9.02. The standard InChI is InChI=1S/C13H10O4/c1-7-2-4-9-8(6-7)3-5-10(12(14)15)11(9)13(16)17/h2-6H,1H3,(H,14,15)(H,16,17)/p-2. The lowest BCUT2D eigenvalue weighted by Gasteiger charge is -2.14. The summed E-state index contributed by atoms with van der Waals surface area (Å²) >= 11 is 0. The summed E-state index contributed by atoms with van der Waals surface area (Å²) in [5, 5.41) is 22.9. The highest BCUT2D eigenvalue weighted by Gasteiger charge is 2.09. The molecule has 4 nitrogen and oxygen atoms in total. The number of carboxylic acids is 2. The van der Waals surface area contributed by atoms with E-state index in [-0.39, 0.29) is 11.1 Å². The monoisotopic (exact) mass is 228 g/mol. The number of aromatic carboxylic acids is 2. The van der Waals surface area contributed by atoms with Crippen molar-refractivity contribution in [2.24, 2.45) is 0 Å². The Balaban J connectivity index is 2.89. The van der Waals surface area contributed by atoms with Crippen molar-refractivity contribution in [1.82, 2.24) is 0 Å². The molecule has 0 aliphatic carbocycles. The van der Waals surface area contributed by atoms with Gasteiger partial charge in [-0.05, 0) is 17.7 Å². The summed E-state index contributed by atoms with van der Waals surface area (Å²) in [7, 11) is 0. The van der Waals surface area contributed by atoms with E-state index >= 15 is 0 Å². The quantitative estimate of drug-likeness (QED) is 0.717. The summed E-state index contributed by atoms with van der Waals surface area (Å²) in [4.78, 5) is 21.9. The highest BCUT2D eigenvalue weighted by atomic mass is 16.4. The predicted molar refractivity (Wildman–Crippen MR) is 57.3 cm³/mol. The maximum absolute atomic E-state index is 11.0. The summed E-state index contributed by atoms with van der Waals surface area (Å²) < 4.78 is 0. The molecule has 0 radical (unpaired) electrons. The first kappa shape index (κ1) is 11.1. The third-order valence-corrected chi connectivity index (χ3v) is 2.60. The minimum Gasteiger partial charge on any atom is -0.545 e. The summed E-state index contributed by atoms with van der Waals surface area (Å²) in [6.07, 6.45) is 0. The Morgan fingerprint density at radius 1 is 1.00 bits per heavy atom. The zero-order valence-electron chi connectivity index (χ0n) is 9.02. The second-order valence-electron chi connectivity index (χ2n) is 3.79. The van der Waals surface area contributed by atoms with Crippen LogP contribution in [0.25, 0.3) is 10.8 Å². The summed E-state index contributed by atoms with van der Waals surface area (Å²) in [5.74, 6) is -3.04. The molecule has 0 unspecified atom stereocenters. The summed E-state index contributed by atoms with van der Waals surface area (Å²) in [6.45, 7) is 1.87. The molecule has 0 heterocycles. The van der Waals surface area contributed by atoms with Gasteiger partial charge in [-0.3, -0.25) is 0 Å². The van der Waals surface area contributed by atoms with E-state index in [1.807, 2.05) is 6.92 Å². The molecular formula is C13H8O4-2. The minimum atomic E-state index is -1.52. The molecule has 2 aromatic carbocycles. The predicted octanol–water partition coefficient (Wildman–Crippen LogP) is -0.125. The number of fused-ring (bicyclic) bond motifs is 1. The second kappa shape index (κ2) is 3.90. The third kappa shape index (κ3) is 1.85. The van der Waals surface area contributed by atoms with Gasteiger partial charge in [0.05, 0.1) is 11.9 Å². The average molecular weight is 228 g/mol. The van der Waals surface area contributed by atoms with Gasteiger partial charge in [0, 0.05) is 11.1 Å². The molecule has 0 atom stereocenters. The van der Waals surface area contributed by atoms with Crippen LogP contribution in [0.5, 0.6) is 0 Å². The van der Waals surface area contributed by atoms with Gasteiger partial charge < -0.3 is 19.8 Å². The van der Waals surface area contributed by atoms with Gasteiger partial charge in [0.1, 0.15) is 0 Å². The number of rotatable bonds is 2. The smallest absolute Gasteiger partial charge is 0.0728 e. The Labute approximate surface area is 97.1 Å². The first-order chi connectivity index (χ1) is 8.00. The number of hydrogen-bond donors (Lipinski definition) is 0. The van der Waals surface area contributed by atoms with Crippen molar-refractivity contribution in [3.8, 4) is 0 Å². The molecule has 0 fully saturated rings. The number of carboxylic acid groups (broad SMARTS) is 2. The number of benzene rings is 2. The van der Waals surface area contributed by atoms with Gasteiger partial charge in [0.2, 0.25) is 0 Å². The van der Waals surface area contributed by atoms with E-state index in [0.717, 1.165) is 5.56 Å². The van der Waals surface area contributed by atoms with Crippen molar-refractivity contribution in [2.75, 3.05) is 0 Å². The van der Waals surface area contributed by atoms with Gasteiger partial charge in [-0.15, -0.1) is 0 Å². The average Bonchev–Trinajstić information content (AvgIpc) is 2.26. The van der Waals surface area contributed by atoms with Crippen molar-refractivity contribution in [1.29, 1.82) is 0 Å². The molecule has 0 amide bonds. The van der Waals surface area contributed by atoms with Gasteiger partial charge in [0.25, 0.3) is 0 Å². The molecule has 0 aromatic heterocycles. The molecule has 17 heavy (non-hydrogen) atoms. The Bertz CT molecular complexity index is 629. The van der Waals surface area contributed by atoms with E-state index in [1.165, 1.54) is 6.07 Å². The molecule has 0 aliphatic heterocycles. The fraction of sp³-hybridized carbons (Fsp3) is 0.0769. The maximum atomic E-state index is 11.0. The van der Waals surface area contributed by atoms with E-state index in [1.54, 1.807) is 24.3 Å². The molecule has 2 aromatic rings. The molecular weight excluding hydrogens is 220 g/mol. The van der Waals surface area contributed by atoms with E-state index < -0.39 is 11.9 Å². The number of hydrogen-bond acceptors (Lipinski definition) is 4. The van der Waals surface area contributed by atoms with Crippen LogP contribution in [0.1, 0.15) is 26.3 Å². The van der Waals surface area contributed by atoms with Gasteiger partial charge >= 0.3 is 0 Å². The molecule has 0 spiro atoms. The Hall–Kier alpha value is -2.36. The number of aryl methyl sites for hydroxylation is 1. The van der Waals surface area contributed by atoms with E-state index in [4.69, 9.17) is 0 Å².